The van der Waals surface area contributed by atoms with Crippen molar-refractivity contribution in [2.24, 2.45) is 0 Å². The molecule has 0 aromatic carbocycles. The van der Waals surface area contributed by atoms with E-state index < -0.39 is 0 Å². The predicted molar refractivity (Wildman–Crippen MR) is 83.7 cm³/mol. The quantitative estimate of drug-likeness (QED) is 0.771. The standard InChI is InChI=1S/C17H28N2O/c1-6-9-19(14-7-8-14)12-15-10-13(2)16(20-15)11-18-17(3,4)5/h6,10,14,18H,1,7-9,11-12H2,2-5H3. The second-order valence-corrected chi connectivity index (χ2v) is 6.87. The Morgan fingerprint density at radius 2 is 2.15 bits per heavy atom. The van der Waals surface area contributed by atoms with Gasteiger partial charge in [-0.3, -0.25) is 4.90 Å². The van der Waals surface area contributed by atoms with Gasteiger partial charge in [0.25, 0.3) is 0 Å². The molecule has 0 amide bonds. The number of furan rings is 1. The van der Waals surface area contributed by atoms with Crippen LogP contribution in [0.5, 0.6) is 0 Å². The largest absolute Gasteiger partial charge is 0.463 e. The number of rotatable bonds is 7. The van der Waals surface area contributed by atoms with E-state index in [1.54, 1.807) is 0 Å². The van der Waals surface area contributed by atoms with Crippen LogP contribution in [0, 0.1) is 6.92 Å². The highest BCUT2D eigenvalue weighted by atomic mass is 16.3. The van der Waals surface area contributed by atoms with E-state index in [0.29, 0.717) is 0 Å². The molecule has 20 heavy (non-hydrogen) atoms. The summed E-state index contributed by atoms with van der Waals surface area (Å²) >= 11 is 0. The maximum Gasteiger partial charge on any atom is 0.120 e. The summed E-state index contributed by atoms with van der Waals surface area (Å²) in [5.74, 6) is 2.13. The molecule has 0 aliphatic heterocycles. The Bertz CT molecular complexity index is 452. The van der Waals surface area contributed by atoms with Crippen molar-refractivity contribution in [1.82, 2.24) is 10.2 Å². The van der Waals surface area contributed by atoms with Crippen LogP contribution in [0.1, 0.15) is 50.7 Å². The van der Waals surface area contributed by atoms with Crippen LogP contribution < -0.4 is 5.32 Å². The summed E-state index contributed by atoms with van der Waals surface area (Å²) in [6.45, 7) is 15.1. The van der Waals surface area contributed by atoms with E-state index in [9.17, 15) is 0 Å². The van der Waals surface area contributed by atoms with E-state index in [-0.39, 0.29) is 5.54 Å². The van der Waals surface area contributed by atoms with Crippen molar-refractivity contribution in [3.05, 3.63) is 35.8 Å². The van der Waals surface area contributed by atoms with Crippen molar-refractivity contribution < 1.29 is 4.42 Å². The second kappa shape index (κ2) is 6.15. The van der Waals surface area contributed by atoms with Crippen molar-refractivity contribution >= 4 is 0 Å². The van der Waals surface area contributed by atoms with Gasteiger partial charge in [0.1, 0.15) is 11.5 Å². The molecule has 0 spiro atoms. The fourth-order valence-corrected chi connectivity index (χ4v) is 2.34. The van der Waals surface area contributed by atoms with Crippen molar-refractivity contribution in [2.75, 3.05) is 6.54 Å². The zero-order valence-corrected chi connectivity index (χ0v) is 13.3. The molecule has 1 fully saturated rings. The van der Waals surface area contributed by atoms with Gasteiger partial charge in [-0.25, -0.2) is 0 Å². The molecule has 1 aliphatic carbocycles. The summed E-state index contributed by atoms with van der Waals surface area (Å²) in [4.78, 5) is 2.45. The van der Waals surface area contributed by atoms with Crippen molar-refractivity contribution in [2.45, 2.75) is 65.2 Å². The van der Waals surface area contributed by atoms with E-state index >= 15 is 0 Å². The van der Waals surface area contributed by atoms with Gasteiger partial charge in [-0.1, -0.05) is 6.08 Å². The fourth-order valence-electron chi connectivity index (χ4n) is 2.34. The van der Waals surface area contributed by atoms with E-state index in [4.69, 9.17) is 4.42 Å². The third-order valence-electron chi connectivity index (χ3n) is 3.64. The van der Waals surface area contributed by atoms with Gasteiger partial charge in [-0.05, 0) is 52.2 Å². The first-order valence-corrected chi connectivity index (χ1v) is 7.57. The highest BCUT2D eigenvalue weighted by Crippen LogP contribution is 2.29. The fraction of sp³-hybridized carbons (Fsp3) is 0.647. The Balaban J connectivity index is 1.97. The van der Waals surface area contributed by atoms with Crippen LogP contribution in [0.25, 0.3) is 0 Å². The summed E-state index contributed by atoms with van der Waals surface area (Å²) in [7, 11) is 0. The molecular weight excluding hydrogens is 248 g/mol. The molecule has 0 bridgehead atoms. The maximum absolute atomic E-state index is 6.03. The smallest absolute Gasteiger partial charge is 0.120 e. The normalized spacial score (nSPS) is 15.8. The van der Waals surface area contributed by atoms with Crippen LogP contribution in [0.3, 0.4) is 0 Å². The first kappa shape index (κ1) is 15.3. The summed E-state index contributed by atoms with van der Waals surface area (Å²) < 4.78 is 6.03. The van der Waals surface area contributed by atoms with E-state index in [1.807, 2.05) is 6.08 Å². The SMILES string of the molecule is C=CCN(Cc1cc(C)c(CNC(C)(C)C)o1)C1CC1. The number of nitrogens with zero attached hydrogens (tertiary/aromatic N) is 1. The summed E-state index contributed by atoms with van der Waals surface area (Å²) in [6.07, 6.45) is 4.61. The molecule has 0 saturated heterocycles. The lowest BCUT2D eigenvalue weighted by Gasteiger charge is -2.20. The Hall–Kier alpha value is -1.06. The Labute approximate surface area is 123 Å². The topological polar surface area (TPSA) is 28.4 Å². The van der Waals surface area contributed by atoms with Crippen molar-refractivity contribution in [3.63, 3.8) is 0 Å². The lowest BCUT2D eigenvalue weighted by molar-refractivity contribution is 0.253. The minimum atomic E-state index is 0.113. The number of hydrogen-bond acceptors (Lipinski definition) is 3. The Morgan fingerprint density at radius 1 is 1.45 bits per heavy atom. The third kappa shape index (κ3) is 4.50. The van der Waals surface area contributed by atoms with Crippen LogP contribution in [-0.2, 0) is 13.1 Å². The first-order chi connectivity index (χ1) is 9.39. The predicted octanol–water partition coefficient (Wildman–Crippen LogP) is 3.63. The van der Waals surface area contributed by atoms with Gasteiger partial charge in [0.2, 0.25) is 0 Å². The van der Waals surface area contributed by atoms with Gasteiger partial charge in [0.05, 0.1) is 13.1 Å². The number of nitrogens with one attached hydrogen (secondary N) is 1. The van der Waals surface area contributed by atoms with Gasteiger partial charge in [-0.15, -0.1) is 6.58 Å². The summed E-state index contributed by atoms with van der Waals surface area (Å²) in [5.41, 5.74) is 1.36. The van der Waals surface area contributed by atoms with Gasteiger partial charge in [-0.2, -0.15) is 0 Å². The molecule has 2 rings (SSSR count). The Kier molecular flexibility index (Phi) is 4.71. The van der Waals surface area contributed by atoms with Crippen LogP contribution >= 0.6 is 0 Å². The molecule has 0 radical (unpaired) electrons. The Morgan fingerprint density at radius 3 is 2.70 bits per heavy atom. The monoisotopic (exact) mass is 276 g/mol. The minimum absolute atomic E-state index is 0.113. The highest BCUT2D eigenvalue weighted by Gasteiger charge is 2.28. The molecule has 3 nitrogen and oxygen atoms in total. The zero-order chi connectivity index (χ0) is 14.8. The van der Waals surface area contributed by atoms with E-state index in [0.717, 1.165) is 37.2 Å². The van der Waals surface area contributed by atoms with Crippen LogP contribution in [0.2, 0.25) is 0 Å². The molecule has 0 unspecified atom stereocenters. The van der Waals surface area contributed by atoms with E-state index in [1.165, 1.54) is 18.4 Å². The van der Waals surface area contributed by atoms with Gasteiger partial charge in [0, 0.05) is 18.1 Å². The van der Waals surface area contributed by atoms with Gasteiger partial charge >= 0.3 is 0 Å². The summed E-state index contributed by atoms with van der Waals surface area (Å²) in [6, 6.07) is 2.91. The molecule has 1 aliphatic rings. The maximum atomic E-state index is 6.03. The first-order valence-electron chi connectivity index (χ1n) is 7.57. The molecule has 1 aromatic heterocycles. The lowest BCUT2D eigenvalue weighted by atomic mass is 10.1. The summed E-state index contributed by atoms with van der Waals surface area (Å²) in [5, 5.41) is 3.48. The molecule has 3 heteroatoms. The van der Waals surface area contributed by atoms with Crippen molar-refractivity contribution in [3.8, 4) is 0 Å². The van der Waals surface area contributed by atoms with Gasteiger partial charge in [0.15, 0.2) is 0 Å². The van der Waals surface area contributed by atoms with Crippen LogP contribution in [0.15, 0.2) is 23.1 Å². The van der Waals surface area contributed by atoms with Crippen molar-refractivity contribution in [1.29, 1.82) is 0 Å². The average Bonchev–Trinajstić information content (AvgIpc) is 3.11. The van der Waals surface area contributed by atoms with E-state index in [2.05, 4.69) is 50.6 Å². The molecule has 1 aromatic rings. The third-order valence-corrected chi connectivity index (χ3v) is 3.64. The zero-order valence-electron chi connectivity index (χ0n) is 13.3. The number of hydrogen-bond donors (Lipinski definition) is 1. The lowest BCUT2D eigenvalue weighted by Crippen LogP contribution is -2.35. The van der Waals surface area contributed by atoms with Crippen LogP contribution in [-0.4, -0.2) is 23.0 Å². The van der Waals surface area contributed by atoms with Crippen LogP contribution in [0.4, 0.5) is 0 Å². The molecule has 112 valence electrons. The molecule has 1 N–H and O–H groups in total. The molecular formula is C17H28N2O. The molecule has 1 heterocycles. The van der Waals surface area contributed by atoms with Gasteiger partial charge < -0.3 is 9.73 Å². The minimum Gasteiger partial charge on any atom is -0.463 e. The highest BCUT2D eigenvalue weighted by molar-refractivity contribution is 5.20. The second-order valence-electron chi connectivity index (χ2n) is 6.87. The molecule has 1 saturated carbocycles. The number of aryl methyl sites for hydroxylation is 1. The average molecular weight is 276 g/mol. The molecule has 0 atom stereocenters.